The molecule has 0 aliphatic rings. The van der Waals surface area contributed by atoms with Gasteiger partial charge in [0.15, 0.2) is 0 Å². The number of likely N-dealkylation sites (N-methyl/N-ethyl adjacent to an activating group) is 1. The van der Waals surface area contributed by atoms with Crippen molar-refractivity contribution in [2.75, 3.05) is 54.1 Å². The molecular formula is C56H110NO7P. The van der Waals surface area contributed by atoms with Crippen molar-refractivity contribution in [1.29, 1.82) is 0 Å². The summed E-state index contributed by atoms with van der Waals surface area (Å²) in [5.41, 5.74) is 0. The Hall–Kier alpha value is -1.02. The minimum absolute atomic E-state index is 0.0284. The largest absolute Gasteiger partial charge is 0.756 e. The van der Waals surface area contributed by atoms with Crippen molar-refractivity contribution < 1.29 is 37.3 Å². The Morgan fingerprint density at radius 1 is 0.477 bits per heavy atom. The summed E-state index contributed by atoms with van der Waals surface area (Å²) < 4.78 is 34.8. The van der Waals surface area contributed by atoms with E-state index in [9.17, 15) is 14.3 Å². The standard InChI is InChI=1S/C56H110NO7P/c1-6-8-10-12-14-16-18-20-22-24-26-28-29-30-31-33-35-37-39-41-43-45-47-49-56(58)64-55(54-63-65(59,60)62-52-50-57(3,4)5)53-61-51-48-46-44-42-40-38-36-34-32-27-25-23-21-19-17-15-13-11-9-7-2/h18,20,24,26,55H,6-17,19,21-23,25,27-54H2,1-5H3/b20-18-,26-24-. The van der Waals surface area contributed by atoms with E-state index in [0.717, 1.165) is 38.5 Å². The number of rotatable bonds is 53. The smallest absolute Gasteiger partial charge is 0.306 e. The van der Waals surface area contributed by atoms with Crippen molar-refractivity contribution in [3.63, 3.8) is 0 Å². The van der Waals surface area contributed by atoms with E-state index >= 15 is 0 Å². The summed E-state index contributed by atoms with van der Waals surface area (Å²) in [4.78, 5) is 25.2. The maximum Gasteiger partial charge on any atom is 0.306 e. The molecule has 2 unspecified atom stereocenters. The Morgan fingerprint density at radius 3 is 1.25 bits per heavy atom. The van der Waals surface area contributed by atoms with Crippen molar-refractivity contribution in [3.8, 4) is 0 Å². The predicted molar refractivity (Wildman–Crippen MR) is 277 cm³/mol. The first-order chi connectivity index (χ1) is 31.6. The molecule has 0 bridgehead atoms. The summed E-state index contributed by atoms with van der Waals surface area (Å²) in [5, 5.41) is 0. The highest BCUT2D eigenvalue weighted by Crippen LogP contribution is 2.38. The van der Waals surface area contributed by atoms with Crippen LogP contribution in [0.25, 0.3) is 0 Å². The minimum atomic E-state index is -4.53. The molecule has 2 atom stereocenters. The van der Waals surface area contributed by atoms with Gasteiger partial charge >= 0.3 is 5.97 Å². The second kappa shape index (κ2) is 49.4. The first-order valence-corrected chi connectivity index (χ1v) is 29.5. The monoisotopic (exact) mass is 940 g/mol. The average Bonchev–Trinajstić information content (AvgIpc) is 3.27. The Morgan fingerprint density at radius 2 is 0.846 bits per heavy atom. The Kier molecular flexibility index (Phi) is 48.6. The lowest BCUT2D eigenvalue weighted by atomic mass is 10.0. The lowest BCUT2D eigenvalue weighted by Crippen LogP contribution is -2.37. The fraction of sp³-hybridized carbons (Fsp3) is 0.911. The molecule has 0 aliphatic heterocycles. The molecule has 386 valence electrons. The zero-order valence-corrected chi connectivity index (χ0v) is 44.9. The molecule has 0 N–H and O–H groups in total. The van der Waals surface area contributed by atoms with E-state index in [0.29, 0.717) is 24.1 Å². The van der Waals surface area contributed by atoms with Crippen molar-refractivity contribution >= 4 is 13.8 Å². The highest BCUT2D eigenvalue weighted by atomic mass is 31.2. The number of esters is 1. The third-order valence-corrected chi connectivity index (χ3v) is 13.5. The number of hydrogen-bond donors (Lipinski definition) is 0. The van der Waals surface area contributed by atoms with Crippen LogP contribution in [0.5, 0.6) is 0 Å². The third kappa shape index (κ3) is 53.8. The predicted octanol–water partition coefficient (Wildman–Crippen LogP) is 16.9. The van der Waals surface area contributed by atoms with Gasteiger partial charge in [-0.3, -0.25) is 9.36 Å². The van der Waals surface area contributed by atoms with E-state index in [4.69, 9.17) is 18.5 Å². The van der Waals surface area contributed by atoms with Crippen LogP contribution in [-0.2, 0) is 27.9 Å². The number of carbonyl (C=O) groups excluding carboxylic acids is 1. The highest BCUT2D eigenvalue weighted by molar-refractivity contribution is 7.45. The number of quaternary nitrogens is 1. The molecule has 0 heterocycles. The Labute approximate surface area is 404 Å². The molecule has 8 nitrogen and oxygen atoms in total. The fourth-order valence-corrected chi connectivity index (χ4v) is 8.90. The molecule has 0 aromatic carbocycles. The van der Waals surface area contributed by atoms with E-state index in [1.807, 2.05) is 21.1 Å². The van der Waals surface area contributed by atoms with Crippen LogP contribution in [0.4, 0.5) is 0 Å². The average molecular weight is 940 g/mol. The molecule has 9 heteroatoms. The second-order valence-corrected chi connectivity index (χ2v) is 21.7. The topological polar surface area (TPSA) is 94.1 Å². The van der Waals surface area contributed by atoms with Gasteiger partial charge in [-0.2, -0.15) is 0 Å². The summed E-state index contributed by atoms with van der Waals surface area (Å²) in [6.45, 7) is 5.47. The van der Waals surface area contributed by atoms with Crippen LogP contribution in [0.3, 0.4) is 0 Å². The van der Waals surface area contributed by atoms with Crippen molar-refractivity contribution in [1.82, 2.24) is 0 Å². The van der Waals surface area contributed by atoms with Gasteiger partial charge in [0, 0.05) is 13.0 Å². The zero-order chi connectivity index (χ0) is 47.6. The summed E-state index contributed by atoms with van der Waals surface area (Å²) >= 11 is 0. The molecule has 0 amide bonds. The molecule has 0 aromatic rings. The van der Waals surface area contributed by atoms with E-state index in [1.165, 1.54) is 212 Å². The minimum Gasteiger partial charge on any atom is -0.756 e. The first-order valence-electron chi connectivity index (χ1n) is 28.1. The molecule has 0 rings (SSSR count). The maximum absolute atomic E-state index is 12.8. The number of nitrogens with zero attached hydrogens (tertiary/aromatic N) is 1. The number of phosphoric ester groups is 1. The van der Waals surface area contributed by atoms with Crippen molar-refractivity contribution in [2.24, 2.45) is 0 Å². The number of carbonyl (C=O) groups is 1. The molecule has 0 spiro atoms. The van der Waals surface area contributed by atoms with E-state index < -0.39 is 13.9 Å². The molecule has 0 aliphatic carbocycles. The van der Waals surface area contributed by atoms with E-state index in [1.54, 1.807) is 0 Å². The van der Waals surface area contributed by atoms with Crippen molar-refractivity contribution in [3.05, 3.63) is 24.3 Å². The molecule has 0 fully saturated rings. The normalized spacial score (nSPS) is 13.6. The van der Waals surface area contributed by atoms with Gasteiger partial charge in [0.2, 0.25) is 0 Å². The lowest BCUT2D eigenvalue weighted by molar-refractivity contribution is -0.870. The SMILES string of the molecule is CCCCCCC/C=C\C/C=C\CCCCCCCCCCCCCC(=O)OC(COCCCCCCCCCCCCCCCCCCCCCC)COP(=O)([O-])OCC[N+](C)(C)C. The maximum atomic E-state index is 12.8. The van der Waals surface area contributed by atoms with E-state index in [2.05, 4.69) is 38.2 Å². The molecule has 0 saturated heterocycles. The van der Waals surface area contributed by atoms with Gasteiger partial charge in [-0.05, 0) is 44.9 Å². The molecular weight excluding hydrogens is 830 g/mol. The summed E-state index contributed by atoms with van der Waals surface area (Å²) in [6, 6.07) is 0. The van der Waals surface area contributed by atoms with Gasteiger partial charge in [0.05, 0.1) is 34.4 Å². The van der Waals surface area contributed by atoms with Gasteiger partial charge in [-0.15, -0.1) is 0 Å². The zero-order valence-electron chi connectivity index (χ0n) is 44.0. The first kappa shape index (κ1) is 64.0. The highest BCUT2D eigenvalue weighted by Gasteiger charge is 2.20. The number of hydrogen-bond acceptors (Lipinski definition) is 7. The number of allylic oxidation sites excluding steroid dienone is 4. The molecule has 0 saturated carbocycles. The van der Waals surface area contributed by atoms with E-state index in [-0.39, 0.29) is 25.8 Å². The molecule has 65 heavy (non-hydrogen) atoms. The Bertz CT molecular complexity index is 1090. The van der Waals surface area contributed by atoms with Gasteiger partial charge in [-0.25, -0.2) is 0 Å². The van der Waals surface area contributed by atoms with Crippen molar-refractivity contribution in [2.45, 2.75) is 277 Å². The van der Waals surface area contributed by atoms with Crippen LogP contribution < -0.4 is 4.89 Å². The number of phosphoric acid groups is 1. The van der Waals surface area contributed by atoms with Gasteiger partial charge in [0.25, 0.3) is 7.82 Å². The van der Waals surface area contributed by atoms with Crippen LogP contribution >= 0.6 is 7.82 Å². The van der Waals surface area contributed by atoms with Crippen LogP contribution in [0.2, 0.25) is 0 Å². The van der Waals surface area contributed by atoms with Gasteiger partial charge < -0.3 is 27.9 Å². The van der Waals surface area contributed by atoms with Crippen LogP contribution in [0, 0.1) is 0 Å². The van der Waals surface area contributed by atoms with Crippen LogP contribution in [0.15, 0.2) is 24.3 Å². The summed E-state index contributed by atoms with van der Waals surface area (Å²) in [5.74, 6) is -0.330. The van der Waals surface area contributed by atoms with Gasteiger partial charge in [-0.1, -0.05) is 244 Å². The number of unbranched alkanes of at least 4 members (excludes halogenated alkanes) is 35. The van der Waals surface area contributed by atoms with Gasteiger partial charge in [0.1, 0.15) is 19.3 Å². The fourth-order valence-electron chi connectivity index (χ4n) is 8.17. The van der Waals surface area contributed by atoms with Crippen LogP contribution in [0.1, 0.15) is 271 Å². The summed E-state index contributed by atoms with van der Waals surface area (Å²) in [7, 11) is 1.37. The molecule has 0 aromatic heterocycles. The third-order valence-electron chi connectivity index (χ3n) is 12.5. The summed E-state index contributed by atoms with van der Waals surface area (Å²) in [6.07, 6.45) is 59.2. The van der Waals surface area contributed by atoms with Crippen LogP contribution in [-0.4, -0.2) is 70.7 Å². The lowest BCUT2D eigenvalue weighted by Gasteiger charge is -2.28. The second-order valence-electron chi connectivity index (χ2n) is 20.3. The number of ether oxygens (including phenoxy) is 2. The molecule has 0 radical (unpaired) electrons. The quantitative estimate of drug-likeness (QED) is 0.0197. The Balaban J connectivity index is 4.06.